The lowest BCUT2D eigenvalue weighted by Crippen LogP contribution is -2.36. The molecule has 10 aromatic rings. The van der Waals surface area contributed by atoms with Crippen molar-refractivity contribution in [2.45, 2.75) is 293 Å². The van der Waals surface area contributed by atoms with E-state index >= 15 is 0 Å². The zero-order valence-corrected chi connectivity index (χ0v) is 83.4. The maximum absolute atomic E-state index is 10.9. The van der Waals surface area contributed by atoms with Gasteiger partial charge in [-0.1, -0.05) is 251 Å². The molecule has 10 N–H and O–H groups in total. The van der Waals surface area contributed by atoms with Crippen molar-refractivity contribution in [3.05, 3.63) is 264 Å². The minimum absolute atomic E-state index is 0.0702. The minimum atomic E-state index is -0.0702. The second-order valence-corrected chi connectivity index (χ2v) is 46.5. The smallest absolute Gasteiger partial charge is 0.127 e. The molecule has 0 radical (unpaired) electrons. The predicted molar refractivity (Wildman–Crippen MR) is 533 cm³/mol. The van der Waals surface area contributed by atoms with Crippen molar-refractivity contribution >= 4 is 95.9 Å². The molecule has 0 aliphatic heterocycles. The van der Waals surface area contributed by atoms with Crippen LogP contribution < -0.4 is 79.6 Å². The SMILES string of the molecule is Cc1ccc(Pc2cc(C(C)(C)C)cc(C)c2O)c(CNC(C)(C)C)c1.Cc1ccc(Pc2cc(C)cc(C(C)(C)C)c2O)c(CNC(C)(C)C)c1.Cc1ccc(Pc2cc(C)cc(C)c2O)c(CNC(C)(C)C)c1.Cc1ccc(Pc2cc(C)ccc2O)c(CNC(C)(C)C)c1.Cc1ccc(Pc2cccc(C)c2O)c(CNC(C)(C)C)c1. The summed E-state index contributed by atoms with van der Waals surface area (Å²) < 4.78 is 0. The van der Waals surface area contributed by atoms with Crippen LogP contribution in [-0.4, -0.2) is 53.2 Å². The summed E-state index contributed by atoms with van der Waals surface area (Å²) in [5.41, 5.74) is 22.1. The van der Waals surface area contributed by atoms with E-state index in [4.69, 9.17) is 0 Å². The van der Waals surface area contributed by atoms with Gasteiger partial charge in [0.25, 0.3) is 0 Å². The Labute approximate surface area is 728 Å². The number of para-hydroxylation sites is 1. The number of aryl methyl sites for hydroxylation is 11. The summed E-state index contributed by atoms with van der Waals surface area (Å²) in [5, 5.41) is 81.8. The first-order valence-corrected chi connectivity index (χ1v) is 47.0. The molecule has 0 aromatic heterocycles. The number of phenols is 5. The van der Waals surface area contributed by atoms with Gasteiger partial charge in [-0.15, -0.1) is 0 Å². The van der Waals surface area contributed by atoms with Gasteiger partial charge < -0.3 is 52.1 Å². The van der Waals surface area contributed by atoms with Crippen molar-refractivity contribution in [3.8, 4) is 28.7 Å². The first-order chi connectivity index (χ1) is 54.9. The molecule has 10 rings (SSSR count). The van der Waals surface area contributed by atoms with Crippen molar-refractivity contribution < 1.29 is 25.5 Å². The third-order valence-electron chi connectivity index (χ3n) is 19.8. The average Bonchev–Trinajstić information content (AvgIpc) is 0.783. The highest BCUT2D eigenvalue weighted by Gasteiger charge is 2.25. The average molecular weight is 1700 g/mol. The molecule has 10 aromatic carbocycles. The summed E-state index contributed by atoms with van der Waals surface area (Å²) in [4.78, 5) is 0. The van der Waals surface area contributed by atoms with E-state index in [1.807, 2.05) is 51.1 Å². The number of benzene rings is 10. The number of hydrogen-bond acceptors (Lipinski definition) is 10. The maximum Gasteiger partial charge on any atom is 0.127 e. The van der Waals surface area contributed by atoms with Gasteiger partial charge >= 0.3 is 0 Å². The Hall–Kier alpha value is -6.85. The highest BCUT2D eigenvalue weighted by Crippen LogP contribution is 2.36. The maximum atomic E-state index is 10.9. The Balaban J connectivity index is 0.000000231. The molecule has 0 aliphatic rings. The number of rotatable bonds is 20. The van der Waals surface area contributed by atoms with Crippen molar-refractivity contribution in [2.24, 2.45) is 0 Å². The second kappa shape index (κ2) is 43.5. The fraction of sp³-hybridized carbons (Fsp3) is 0.423. The molecule has 10 nitrogen and oxygen atoms in total. The molecule has 0 saturated heterocycles. The minimum Gasteiger partial charge on any atom is -0.507 e. The highest BCUT2D eigenvalue weighted by atomic mass is 31.1. The van der Waals surface area contributed by atoms with E-state index in [2.05, 4.69) is 355 Å². The monoisotopic (exact) mass is 1700 g/mol. The van der Waals surface area contributed by atoms with Gasteiger partial charge in [-0.2, -0.15) is 0 Å². The van der Waals surface area contributed by atoms with Crippen LogP contribution in [-0.2, 0) is 43.6 Å². The molecule has 0 saturated carbocycles. The number of nitrogens with one attached hydrogen (secondary N) is 5. The molecule has 5 atom stereocenters. The normalized spacial score (nSPS) is 12.5. The van der Waals surface area contributed by atoms with E-state index < -0.39 is 0 Å². The van der Waals surface area contributed by atoms with Crippen LogP contribution in [0, 0.1) is 76.2 Å². The van der Waals surface area contributed by atoms with Gasteiger partial charge in [0.15, 0.2) is 0 Å². The molecular formula is C104H148N5O5P5. The Morgan fingerprint density at radius 3 is 0.824 bits per heavy atom. The second-order valence-electron chi connectivity index (χ2n) is 39.8. The molecule has 15 heteroatoms. The van der Waals surface area contributed by atoms with E-state index in [-0.39, 0.29) is 38.5 Å². The summed E-state index contributed by atoms with van der Waals surface area (Å²) in [7, 11) is 2.30. The van der Waals surface area contributed by atoms with Gasteiger partial charge in [-0.05, 0) is 309 Å². The molecule has 0 heterocycles. The Kier molecular flexibility index (Phi) is 36.9. The first kappa shape index (κ1) is 101. The van der Waals surface area contributed by atoms with Crippen LogP contribution in [0.2, 0.25) is 0 Å². The standard InChI is InChI=1S/2C23H34NOP.C20H28NOP.2C19H26NOP/c1-15-9-10-19(17(11-15)14-24-23(6,7)8)26-20-13-18(22(3,4)5)12-16(2)21(20)25;1-15-9-10-19(17(11-15)14-24-23(6,7)8)26-20-13-16(2)12-18(21(20)25)22(3,4)5;1-13-7-8-17(16(10-13)12-21-20(4,5)6)23-18-11-14(2)9-15(3)19(18)22;1-13-7-9-17(15(10-13)12-20-19(3,4)5)22-18-11-14(2)6-8-16(18)21;1-13-9-10-16(15(11-13)12-20-19(3,4)5)22-17-8-6-7-14(2)18(17)21/h2*9-13,24-26H,14H2,1-8H3;7-11,21-23H,12H2,1-6H3;2*6-11,20-22H,12H2,1-5H3. The molecule has 644 valence electrons. The van der Waals surface area contributed by atoms with Gasteiger partial charge in [0.2, 0.25) is 0 Å². The molecule has 0 aliphatic carbocycles. The lowest BCUT2D eigenvalue weighted by Gasteiger charge is -2.24. The lowest BCUT2D eigenvalue weighted by molar-refractivity contribution is 0.424. The van der Waals surface area contributed by atoms with Crippen molar-refractivity contribution in [3.63, 3.8) is 0 Å². The van der Waals surface area contributed by atoms with Crippen LogP contribution in [0.1, 0.15) is 246 Å². The Morgan fingerprint density at radius 1 is 0.227 bits per heavy atom. The van der Waals surface area contributed by atoms with E-state index in [1.165, 1.54) is 104 Å². The first-order valence-electron chi connectivity index (χ1n) is 42.0. The predicted octanol–water partition coefficient (Wildman–Crippen LogP) is 20.5. The molecule has 0 bridgehead atoms. The van der Waals surface area contributed by atoms with Gasteiger partial charge in [-0.25, -0.2) is 0 Å². The van der Waals surface area contributed by atoms with Gasteiger partial charge in [0.05, 0.1) is 0 Å². The van der Waals surface area contributed by atoms with Crippen LogP contribution in [0.4, 0.5) is 0 Å². The van der Waals surface area contributed by atoms with Gasteiger partial charge in [-0.3, -0.25) is 0 Å². The quantitative estimate of drug-likeness (QED) is 0.0333. The van der Waals surface area contributed by atoms with E-state index in [0.717, 1.165) is 81.5 Å². The Bertz CT molecular complexity index is 4900. The summed E-state index contributed by atoms with van der Waals surface area (Å²) in [5.74, 6) is 2.14. The van der Waals surface area contributed by atoms with Gasteiger partial charge in [0, 0.05) is 92.5 Å². The lowest BCUT2D eigenvalue weighted by atomic mass is 9.85. The molecule has 5 unspecified atom stereocenters. The van der Waals surface area contributed by atoms with Crippen molar-refractivity contribution in [1.29, 1.82) is 0 Å². The fourth-order valence-electron chi connectivity index (χ4n) is 12.8. The zero-order chi connectivity index (χ0) is 89.3. The van der Waals surface area contributed by atoms with Crippen molar-refractivity contribution in [2.75, 3.05) is 0 Å². The molecule has 0 fully saturated rings. The molecule has 119 heavy (non-hydrogen) atoms. The summed E-state index contributed by atoms with van der Waals surface area (Å²) in [6, 6.07) is 57.5. The third-order valence-corrected chi connectivity index (χ3v) is 26.8. The zero-order valence-electron chi connectivity index (χ0n) is 78.4. The van der Waals surface area contributed by atoms with Crippen LogP contribution >= 0.6 is 42.9 Å². The topological polar surface area (TPSA) is 161 Å². The third kappa shape index (κ3) is 34.8. The van der Waals surface area contributed by atoms with E-state index in [1.54, 1.807) is 6.07 Å². The van der Waals surface area contributed by atoms with Crippen molar-refractivity contribution in [1.82, 2.24) is 26.6 Å². The van der Waals surface area contributed by atoms with E-state index in [0.29, 0.717) is 71.7 Å². The summed E-state index contributed by atoms with van der Waals surface area (Å²) >= 11 is 0. The molecule has 0 spiro atoms. The van der Waals surface area contributed by atoms with Gasteiger partial charge in [0.1, 0.15) is 28.7 Å². The fourth-order valence-corrected chi connectivity index (χ4v) is 19.4. The number of phenolic OH excluding ortho intramolecular Hbond substituents is 5. The van der Waals surface area contributed by atoms with E-state index in [9.17, 15) is 25.5 Å². The number of aromatic hydroxyl groups is 5. The van der Waals surface area contributed by atoms with Crippen LogP contribution in [0.5, 0.6) is 28.7 Å². The largest absolute Gasteiger partial charge is 0.507 e. The Morgan fingerprint density at radius 2 is 0.496 bits per heavy atom. The van der Waals surface area contributed by atoms with Crippen LogP contribution in [0.3, 0.4) is 0 Å². The summed E-state index contributed by atoms with van der Waals surface area (Å²) in [6.45, 7) is 72.9. The molecular weight excluding hydrogens is 1550 g/mol. The van der Waals surface area contributed by atoms with Crippen LogP contribution in [0.15, 0.2) is 164 Å². The number of hydrogen-bond donors (Lipinski definition) is 10. The molecule has 0 amide bonds. The summed E-state index contributed by atoms with van der Waals surface area (Å²) in [6.07, 6.45) is 0. The highest BCUT2D eigenvalue weighted by molar-refractivity contribution is 7.57. The van der Waals surface area contributed by atoms with Crippen LogP contribution in [0.25, 0.3) is 0 Å².